The van der Waals surface area contributed by atoms with Crippen LogP contribution in [0.1, 0.15) is 0 Å². The molecule has 0 unspecified atom stereocenters. The van der Waals surface area contributed by atoms with Gasteiger partial charge in [-0.2, -0.15) is 0 Å². The third-order valence-corrected chi connectivity index (χ3v) is 11.1. The van der Waals surface area contributed by atoms with E-state index in [0.717, 1.165) is 16.7 Å². The molecule has 10 aromatic rings. The molecule has 0 atom stereocenters. The van der Waals surface area contributed by atoms with E-state index in [1.54, 1.807) is 0 Å². The molecule has 8 aromatic carbocycles. The van der Waals surface area contributed by atoms with Crippen molar-refractivity contribution in [1.82, 2.24) is 15.0 Å². The van der Waals surface area contributed by atoms with E-state index in [1.807, 2.05) is 72.0 Å². The Hall–Kier alpha value is -6.75. The first kappa shape index (κ1) is 31.0. The number of thiophene rings is 1. The number of rotatable bonds is 6. The van der Waals surface area contributed by atoms with E-state index < -0.39 is 0 Å². The van der Waals surface area contributed by atoms with Crippen molar-refractivity contribution in [3.8, 4) is 67.5 Å². The molecular weight excluding hydrogens is 663 g/mol. The SMILES string of the molecule is c1ccc(-c2ccc(-c3ccc(-c4cc5ccccc5c5c4sc4cc(-c6nc(-c7ccccc7)nc(-c7ccccc7)n6)ccc45)cc3)cc2)cc1. The predicted octanol–water partition coefficient (Wildman–Crippen LogP) is 13.4. The lowest BCUT2D eigenvalue weighted by molar-refractivity contribution is 1.07. The van der Waals surface area contributed by atoms with Gasteiger partial charge in [0.1, 0.15) is 0 Å². The summed E-state index contributed by atoms with van der Waals surface area (Å²) in [5, 5.41) is 5.02. The third kappa shape index (κ3) is 5.76. The molecule has 0 spiro atoms. The molecule has 0 aliphatic heterocycles. The quantitative estimate of drug-likeness (QED) is 0.174. The average Bonchev–Trinajstić information content (AvgIpc) is 3.64. The number of benzene rings is 8. The van der Waals surface area contributed by atoms with Gasteiger partial charge in [-0.25, -0.2) is 15.0 Å². The molecule has 0 aliphatic carbocycles. The Morgan fingerprint density at radius 2 is 0.755 bits per heavy atom. The van der Waals surface area contributed by atoms with Crippen LogP contribution in [0.3, 0.4) is 0 Å². The summed E-state index contributed by atoms with van der Waals surface area (Å²) in [6, 6.07) is 66.4. The summed E-state index contributed by atoms with van der Waals surface area (Å²) < 4.78 is 2.48. The van der Waals surface area contributed by atoms with Gasteiger partial charge in [-0.05, 0) is 50.7 Å². The monoisotopic (exact) mass is 693 g/mol. The van der Waals surface area contributed by atoms with Crippen molar-refractivity contribution in [2.24, 2.45) is 0 Å². The fourth-order valence-corrected chi connectivity index (χ4v) is 8.54. The van der Waals surface area contributed by atoms with Gasteiger partial charge in [0, 0.05) is 42.4 Å². The summed E-state index contributed by atoms with van der Waals surface area (Å²) in [6.07, 6.45) is 0. The van der Waals surface area contributed by atoms with Crippen molar-refractivity contribution in [1.29, 1.82) is 0 Å². The van der Waals surface area contributed by atoms with Crippen molar-refractivity contribution in [2.75, 3.05) is 0 Å². The molecule has 0 radical (unpaired) electrons. The number of aromatic nitrogens is 3. The number of hydrogen-bond donors (Lipinski definition) is 0. The molecular formula is C49H31N3S. The van der Waals surface area contributed by atoms with Gasteiger partial charge < -0.3 is 0 Å². The van der Waals surface area contributed by atoms with E-state index in [0.29, 0.717) is 17.5 Å². The molecule has 0 saturated heterocycles. The standard InChI is InChI=1S/C49H31N3S/c1-4-12-32(13-5-1)33-20-22-34(23-21-33)35-24-26-36(27-25-35)43-30-39-18-10-11-19-41(39)45-42-29-28-40(31-44(42)53-46(43)45)49-51-47(37-14-6-2-7-15-37)50-48(52-49)38-16-8-3-9-17-38/h1-31H. The molecule has 4 heteroatoms. The first-order valence-corrected chi connectivity index (χ1v) is 18.6. The second-order valence-corrected chi connectivity index (χ2v) is 14.3. The molecule has 0 bridgehead atoms. The van der Waals surface area contributed by atoms with Gasteiger partial charge in [0.2, 0.25) is 0 Å². The van der Waals surface area contributed by atoms with Crippen molar-refractivity contribution < 1.29 is 0 Å². The highest BCUT2D eigenvalue weighted by atomic mass is 32.1. The number of hydrogen-bond acceptors (Lipinski definition) is 4. The van der Waals surface area contributed by atoms with E-state index in [1.165, 1.54) is 64.3 Å². The minimum Gasteiger partial charge on any atom is -0.208 e. The Bertz CT molecular complexity index is 2840. The van der Waals surface area contributed by atoms with Gasteiger partial charge in [-0.1, -0.05) is 176 Å². The topological polar surface area (TPSA) is 38.7 Å². The lowest BCUT2D eigenvalue weighted by Crippen LogP contribution is -1.99. The fraction of sp³-hybridized carbons (Fsp3) is 0. The molecule has 10 rings (SSSR count). The van der Waals surface area contributed by atoms with Crippen LogP contribution in [0.25, 0.3) is 98.5 Å². The van der Waals surface area contributed by atoms with Gasteiger partial charge in [0.15, 0.2) is 17.5 Å². The Labute approximate surface area is 311 Å². The van der Waals surface area contributed by atoms with Crippen LogP contribution in [0.4, 0.5) is 0 Å². The van der Waals surface area contributed by atoms with E-state index in [-0.39, 0.29) is 0 Å². The van der Waals surface area contributed by atoms with Crippen molar-refractivity contribution in [3.05, 3.63) is 188 Å². The molecule has 2 aromatic heterocycles. The summed E-state index contributed by atoms with van der Waals surface area (Å²) in [4.78, 5) is 14.9. The van der Waals surface area contributed by atoms with Crippen LogP contribution in [0.5, 0.6) is 0 Å². The van der Waals surface area contributed by atoms with E-state index in [2.05, 4.69) is 127 Å². The normalized spacial score (nSPS) is 11.4. The van der Waals surface area contributed by atoms with E-state index in [9.17, 15) is 0 Å². The van der Waals surface area contributed by atoms with Gasteiger partial charge in [-0.15, -0.1) is 11.3 Å². The maximum atomic E-state index is 5.01. The largest absolute Gasteiger partial charge is 0.208 e. The first-order chi connectivity index (χ1) is 26.2. The Kier molecular flexibility index (Phi) is 7.67. The highest BCUT2D eigenvalue weighted by Gasteiger charge is 2.17. The number of fused-ring (bicyclic) bond motifs is 5. The molecule has 3 nitrogen and oxygen atoms in total. The Morgan fingerprint density at radius 1 is 0.321 bits per heavy atom. The summed E-state index contributed by atoms with van der Waals surface area (Å²) in [7, 11) is 0. The first-order valence-electron chi connectivity index (χ1n) is 17.8. The van der Waals surface area contributed by atoms with Crippen molar-refractivity contribution in [2.45, 2.75) is 0 Å². The number of nitrogens with zero attached hydrogens (tertiary/aromatic N) is 3. The summed E-state index contributed by atoms with van der Waals surface area (Å²) in [5.74, 6) is 1.99. The van der Waals surface area contributed by atoms with Crippen LogP contribution >= 0.6 is 11.3 Å². The maximum Gasteiger partial charge on any atom is 0.164 e. The van der Waals surface area contributed by atoms with Crippen LogP contribution in [0.2, 0.25) is 0 Å². The molecule has 53 heavy (non-hydrogen) atoms. The average molecular weight is 694 g/mol. The highest BCUT2D eigenvalue weighted by molar-refractivity contribution is 7.26. The second kappa shape index (κ2) is 13.1. The zero-order chi connectivity index (χ0) is 35.1. The molecule has 0 fully saturated rings. The van der Waals surface area contributed by atoms with Gasteiger partial charge in [0.25, 0.3) is 0 Å². The second-order valence-electron chi connectivity index (χ2n) is 13.2. The van der Waals surface area contributed by atoms with Gasteiger partial charge in [-0.3, -0.25) is 0 Å². The molecule has 0 N–H and O–H groups in total. The summed E-state index contributed by atoms with van der Waals surface area (Å²) >= 11 is 1.84. The Balaban J connectivity index is 1.08. The fourth-order valence-electron chi connectivity index (χ4n) is 7.24. The molecule has 2 heterocycles. The smallest absolute Gasteiger partial charge is 0.164 e. The van der Waals surface area contributed by atoms with Crippen molar-refractivity contribution in [3.63, 3.8) is 0 Å². The lowest BCUT2D eigenvalue weighted by atomic mass is 9.95. The van der Waals surface area contributed by atoms with Crippen LogP contribution in [-0.2, 0) is 0 Å². The molecule has 0 saturated carbocycles. The van der Waals surface area contributed by atoms with E-state index in [4.69, 9.17) is 15.0 Å². The predicted molar refractivity (Wildman–Crippen MR) is 223 cm³/mol. The Morgan fingerprint density at radius 3 is 1.32 bits per heavy atom. The van der Waals surface area contributed by atoms with Crippen LogP contribution < -0.4 is 0 Å². The summed E-state index contributed by atoms with van der Waals surface area (Å²) in [6.45, 7) is 0. The minimum absolute atomic E-state index is 0.662. The lowest BCUT2D eigenvalue weighted by Gasteiger charge is -2.10. The third-order valence-electron chi connectivity index (χ3n) is 9.94. The zero-order valence-electron chi connectivity index (χ0n) is 28.6. The molecule has 0 aliphatic rings. The van der Waals surface area contributed by atoms with Crippen LogP contribution in [0, 0.1) is 0 Å². The van der Waals surface area contributed by atoms with Gasteiger partial charge in [0.05, 0.1) is 0 Å². The molecule has 0 amide bonds. The van der Waals surface area contributed by atoms with Crippen LogP contribution in [-0.4, -0.2) is 15.0 Å². The van der Waals surface area contributed by atoms with Crippen molar-refractivity contribution >= 4 is 42.3 Å². The molecule has 248 valence electrons. The zero-order valence-corrected chi connectivity index (χ0v) is 29.5. The summed E-state index contributed by atoms with van der Waals surface area (Å²) in [5.41, 5.74) is 10.2. The maximum absolute atomic E-state index is 5.01. The van der Waals surface area contributed by atoms with Gasteiger partial charge >= 0.3 is 0 Å². The minimum atomic E-state index is 0.662. The highest BCUT2D eigenvalue weighted by Crippen LogP contribution is 2.45. The van der Waals surface area contributed by atoms with Crippen LogP contribution in [0.15, 0.2) is 188 Å². The van der Waals surface area contributed by atoms with E-state index >= 15 is 0 Å².